The average Bonchev–Trinajstić information content (AvgIpc) is 3.14. The van der Waals surface area contributed by atoms with E-state index in [0.717, 1.165) is 43.9 Å². The maximum absolute atomic E-state index is 11.6. The third-order valence-electron chi connectivity index (χ3n) is 4.44. The second-order valence-corrected chi connectivity index (χ2v) is 8.56. The Balaban J connectivity index is 1.69. The lowest BCUT2D eigenvalue weighted by Gasteiger charge is -2.08. The Morgan fingerprint density at radius 2 is 2.00 bits per heavy atom. The summed E-state index contributed by atoms with van der Waals surface area (Å²) in [4.78, 5) is 4.71. The van der Waals surface area contributed by atoms with Gasteiger partial charge in [0.25, 0.3) is 0 Å². The Morgan fingerprint density at radius 1 is 1.20 bits per heavy atom. The molecule has 1 aromatic carbocycles. The van der Waals surface area contributed by atoms with Crippen LogP contribution < -0.4 is 0 Å². The normalized spacial score (nSPS) is 18.7. The fraction of sp³-hybridized carbons (Fsp3) is 0.474. The van der Waals surface area contributed by atoms with Gasteiger partial charge in [0.15, 0.2) is 15.7 Å². The molecule has 3 rings (SSSR count). The van der Waals surface area contributed by atoms with Crippen LogP contribution in [0.3, 0.4) is 0 Å². The molecule has 6 heteroatoms. The van der Waals surface area contributed by atoms with Crippen molar-refractivity contribution in [1.29, 1.82) is 0 Å². The molecule has 0 fully saturated rings. The summed E-state index contributed by atoms with van der Waals surface area (Å²) >= 11 is 0. The smallest absolute Gasteiger partial charge is 0.171 e. The lowest BCUT2D eigenvalue weighted by molar-refractivity contribution is 0.524. The monoisotopic (exact) mass is 359 g/mol. The predicted octanol–water partition coefficient (Wildman–Crippen LogP) is 2.96. The van der Waals surface area contributed by atoms with Gasteiger partial charge in [-0.1, -0.05) is 49.8 Å². The lowest BCUT2D eigenvalue weighted by atomic mass is 10.1. The van der Waals surface area contributed by atoms with Crippen molar-refractivity contribution in [2.24, 2.45) is 5.92 Å². The highest BCUT2D eigenvalue weighted by Crippen LogP contribution is 2.19. The summed E-state index contributed by atoms with van der Waals surface area (Å²) in [5, 5.41) is 6.01. The number of nitrogens with zero attached hydrogens (tertiary/aromatic N) is 3. The summed E-state index contributed by atoms with van der Waals surface area (Å²) in [7, 11) is -3.02. The maximum Gasteiger partial charge on any atom is 0.171 e. The zero-order chi connectivity index (χ0) is 17.7. The van der Waals surface area contributed by atoms with E-state index < -0.39 is 9.84 Å². The van der Waals surface area contributed by atoms with Gasteiger partial charge in [-0.2, -0.15) is 5.10 Å². The van der Waals surface area contributed by atoms with E-state index in [2.05, 4.69) is 24.2 Å². The molecular weight excluding hydrogens is 334 g/mol. The van der Waals surface area contributed by atoms with Gasteiger partial charge in [-0.15, -0.1) is 0 Å². The standard InChI is InChI=1S/C19H25N3O2S/c1-2-3-12-22-19(14-17-11-13-25(23,24)15-17)20-18(21-22)10-9-16-7-5-4-6-8-16/h4-8,11,13,17H,2-3,9-10,12,14-15H2,1H3/t17-/m0/s1. The predicted molar refractivity (Wildman–Crippen MR) is 98.9 cm³/mol. The third-order valence-corrected chi connectivity index (χ3v) is 5.91. The Bertz CT molecular complexity index is 826. The second kappa shape index (κ2) is 7.95. The van der Waals surface area contributed by atoms with E-state index in [4.69, 9.17) is 4.98 Å². The number of hydrogen-bond acceptors (Lipinski definition) is 4. The second-order valence-electron chi connectivity index (χ2n) is 6.63. The molecule has 0 bridgehead atoms. The number of aromatic nitrogens is 3. The molecule has 134 valence electrons. The van der Waals surface area contributed by atoms with E-state index in [9.17, 15) is 8.42 Å². The van der Waals surface area contributed by atoms with Gasteiger partial charge in [0.05, 0.1) is 5.75 Å². The number of unbranched alkanes of at least 4 members (excludes halogenated alkanes) is 1. The van der Waals surface area contributed by atoms with Crippen molar-refractivity contribution in [2.45, 2.75) is 45.6 Å². The van der Waals surface area contributed by atoms with E-state index in [1.54, 1.807) is 6.08 Å². The molecular formula is C19H25N3O2S. The fourth-order valence-corrected chi connectivity index (χ4v) is 4.47. The van der Waals surface area contributed by atoms with Crippen molar-refractivity contribution in [3.63, 3.8) is 0 Å². The van der Waals surface area contributed by atoms with Crippen molar-refractivity contribution < 1.29 is 8.42 Å². The van der Waals surface area contributed by atoms with E-state index in [-0.39, 0.29) is 11.7 Å². The number of sulfone groups is 1. The number of rotatable bonds is 8. The number of hydrogen-bond donors (Lipinski definition) is 0. The minimum Gasteiger partial charge on any atom is -0.250 e. The molecule has 25 heavy (non-hydrogen) atoms. The first kappa shape index (κ1) is 17.9. The molecule has 0 amide bonds. The summed E-state index contributed by atoms with van der Waals surface area (Å²) in [6.45, 7) is 2.99. The minimum atomic E-state index is -3.02. The Kier molecular flexibility index (Phi) is 5.68. The van der Waals surface area contributed by atoms with Crippen LogP contribution in [0.5, 0.6) is 0 Å². The highest BCUT2D eigenvalue weighted by atomic mass is 32.2. The van der Waals surface area contributed by atoms with Gasteiger partial charge in [0.1, 0.15) is 5.82 Å². The van der Waals surface area contributed by atoms with E-state index in [1.165, 1.54) is 11.0 Å². The molecule has 0 unspecified atom stereocenters. The summed E-state index contributed by atoms with van der Waals surface area (Å²) in [6, 6.07) is 10.3. The van der Waals surface area contributed by atoms with Gasteiger partial charge < -0.3 is 0 Å². The zero-order valence-corrected chi connectivity index (χ0v) is 15.5. The molecule has 2 heterocycles. The Labute approximate surface area is 149 Å². The molecule has 2 aromatic rings. The maximum atomic E-state index is 11.6. The van der Waals surface area contributed by atoms with Crippen LogP contribution in [-0.4, -0.2) is 28.9 Å². The van der Waals surface area contributed by atoms with Gasteiger partial charge in [0, 0.05) is 24.8 Å². The lowest BCUT2D eigenvalue weighted by Crippen LogP contribution is -2.13. The zero-order valence-electron chi connectivity index (χ0n) is 14.6. The summed E-state index contributed by atoms with van der Waals surface area (Å²) in [5.41, 5.74) is 1.28. The molecule has 1 aliphatic heterocycles. The van der Waals surface area contributed by atoms with Crippen molar-refractivity contribution >= 4 is 9.84 Å². The minimum absolute atomic E-state index is 0.0107. The van der Waals surface area contributed by atoms with Crippen LogP contribution in [0.25, 0.3) is 0 Å². The molecule has 0 N–H and O–H groups in total. The van der Waals surface area contributed by atoms with Gasteiger partial charge in [-0.05, 0) is 24.3 Å². The fourth-order valence-electron chi connectivity index (χ4n) is 3.07. The molecule has 1 aromatic heterocycles. The van der Waals surface area contributed by atoms with E-state index >= 15 is 0 Å². The highest BCUT2D eigenvalue weighted by Gasteiger charge is 2.24. The first-order valence-corrected chi connectivity index (χ1v) is 10.6. The molecule has 0 saturated heterocycles. The number of benzene rings is 1. The average molecular weight is 359 g/mol. The van der Waals surface area contributed by atoms with Crippen molar-refractivity contribution in [2.75, 3.05) is 5.75 Å². The number of aryl methyl sites for hydroxylation is 3. The SMILES string of the molecule is CCCCn1nc(CCc2ccccc2)nc1C[C@@H]1C=CS(=O)(=O)C1. The molecule has 5 nitrogen and oxygen atoms in total. The van der Waals surface area contributed by atoms with Gasteiger partial charge in [-0.3, -0.25) is 0 Å². The summed E-state index contributed by atoms with van der Waals surface area (Å²) in [6.07, 6.45) is 6.28. The van der Waals surface area contributed by atoms with Crippen LogP contribution in [0.2, 0.25) is 0 Å². The van der Waals surface area contributed by atoms with Crippen molar-refractivity contribution in [1.82, 2.24) is 14.8 Å². The van der Waals surface area contributed by atoms with Gasteiger partial charge >= 0.3 is 0 Å². The number of allylic oxidation sites excluding steroid dienone is 1. The van der Waals surface area contributed by atoms with Crippen LogP contribution in [0.1, 0.15) is 37.0 Å². The highest BCUT2D eigenvalue weighted by molar-refractivity contribution is 7.94. The molecule has 0 saturated carbocycles. The molecule has 0 aliphatic carbocycles. The van der Waals surface area contributed by atoms with Crippen LogP contribution in [0.15, 0.2) is 41.8 Å². The van der Waals surface area contributed by atoms with Crippen molar-refractivity contribution in [3.8, 4) is 0 Å². The van der Waals surface area contributed by atoms with E-state index in [0.29, 0.717) is 6.42 Å². The Morgan fingerprint density at radius 3 is 2.68 bits per heavy atom. The van der Waals surface area contributed by atoms with Crippen molar-refractivity contribution in [3.05, 3.63) is 59.0 Å². The summed E-state index contributed by atoms with van der Waals surface area (Å²) < 4.78 is 25.2. The third kappa shape index (κ3) is 5.01. The first-order chi connectivity index (χ1) is 12.1. The van der Waals surface area contributed by atoms with Gasteiger partial charge in [-0.25, -0.2) is 18.1 Å². The molecule has 1 aliphatic rings. The molecule has 0 spiro atoms. The topological polar surface area (TPSA) is 64.8 Å². The first-order valence-electron chi connectivity index (χ1n) is 8.93. The largest absolute Gasteiger partial charge is 0.250 e. The molecule has 1 atom stereocenters. The summed E-state index contributed by atoms with van der Waals surface area (Å²) in [5.74, 6) is 1.95. The quantitative estimate of drug-likeness (QED) is 0.727. The van der Waals surface area contributed by atoms with E-state index in [1.807, 2.05) is 22.9 Å². The molecule has 0 radical (unpaired) electrons. The van der Waals surface area contributed by atoms with Crippen LogP contribution in [0, 0.1) is 5.92 Å². The Hall–Kier alpha value is -1.95. The van der Waals surface area contributed by atoms with Crippen LogP contribution in [0.4, 0.5) is 0 Å². The van der Waals surface area contributed by atoms with Gasteiger partial charge in [0.2, 0.25) is 0 Å². The van der Waals surface area contributed by atoms with Crippen LogP contribution >= 0.6 is 0 Å². The van der Waals surface area contributed by atoms with Crippen LogP contribution in [-0.2, 0) is 35.6 Å².